The fourth-order valence-corrected chi connectivity index (χ4v) is 2.79. The van der Waals surface area contributed by atoms with Crippen LogP contribution in [0.2, 0.25) is 0 Å². The molecule has 0 atom stereocenters. The Morgan fingerprint density at radius 3 is 3.26 bits per heavy atom. The number of anilines is 1. The van der Waals surface area contributed by atoms with Crippen molar-refractivity contribution in [1.82, 2.24) is 10.3 Å². The van der Waals surface area contributed by atoms with Gasteiger partial charge in [-0.3, -0.25) is 4.79 Å². The van der Waals surface area contributed by atoms with Crippen LogP contribution in [0, 0.1) is 0 Å². The number of fused-ring (bicyclic) bond motifs is 1. The number of carbonyl (C=O) groups is 1. The molecular formula is C14H15N3OS. The topological polar surface area (TPSA) is 54.0 Å². The standard InChI is InChI=1S/C14H15N3OS/c18-14(16-6-4-12-8-19-9-17-12)11-2-1-10-3-5-15-13(10)7-11/h1-2,7-9,15H,3-6H2,(H,16,18). The number of benzene rings is 1. The Bertz CT molecular complexity index is 580. The molecule has 0 saturated heterocycles. The number of hydrogen-bond acceptors (Lipinski definition) is 4. The summed E-state index contributed by atoms with van der Waals surface area (Å²) in [7, 11) is 0. The lowest BCUT2D eigenvalue weighted by Gasteiger charge is -2.06. The SMILES string of the molecule is O=C(NCCc1cscn1)c1ccc2c(c1)NCC2. The normalized spacial score (nSPS) is 12.8. The second-order valence-corrected chi connectivity index (χ2v) is 5.25. The number of aromatic nitrogens is 1. The Kier molecular flexibility index (Phi) is 3.46. The Morgan fingerprint density at radius 1 is 1.47 bits per heavy atom. The molecule has 0 spiro atoms. The van der Waals surface area contributed by atoms with Crippen LogP contribution in [0.3, 0.4) is 0 Å². The summed E-state index contributed by atoms with van der Waals surface area (Å²) in [6.07, 6.45) is 1.82. The first-order chi connectivity index (χ1) is 9.33. The molecule has 1 aromatic carbocycles. The van der Waals surface area contributed by atoms with Crippen LogP contribution >= 0.6 is 11.3 Å². The molecule has 0 fully saturated rings. The highest BCUT2D eigenvalue weighted by atomic mass is 32.1. The lowest BCUT2D eigenvalue weighted by atomic mass is 10.1. The summed E-state index contributed by atoms with van der Waals surface area (Å²) in [4.78, 5) is 16.2. The molecule has 0 unspecified atom stereocenters. The summed E-state index contributed by atoms with van der Waals surface area (Å²) in [5, 5.41) is 8.22. The minimum atomic E-state index is -0.0215. The first-order valence-electron chi connectivity index (χ1n) is 6.35. The number of hydrogen-bond donors (Lipinski definition) is 2. The van der Waals surface area contributed by atoms with Crippen molar-refractivity contribution in [2.75, 3.05) is 18.4 Å². The molecule has 2 heterocycles. The van der Waals surface area contributed by atoms with Crippen LogP contribution in [0.15, 0.2) is 29.1 Å². The molecular weight excluding hydrogens is 258 g/mol. The second kappa shape index (κ2) is 5.40. The minimum Gasteiger partial charge on any atom is -0.384 e. The van der Waals surface area contributed by atoms with Crippen LogP contribution in [-0.2, 0) is 12.8 Å². The van der Waals surface area contributed by atoms with E-state index in [1.165, 1.54) is 5.56 Å². The molecule has 98 valence electrons. The Labute approximate surface area is 115 Å². The Morgan fingerprint density at radius 2 is 2.42 bits per heavy atom. The highest BCUT2D eigenvalue weighted by Gasteiger charge is 2.13. The smallest absolute Gasteiger partial charge is 0.251 e. The largest absolute Gasteiger partial charge is 0.384 e. The van der Waals surface area contributed by atoms with Crippen molar-refractivity contribution in [3.63, 3.8) is 0 Å². The molecule has 5 heteroatoms. The predicted molar refractivity (Wildman–Crippen MR) is 76.8 cm³/mol. The lowest BCUT2D eigenvalue weighted by molar-refractivity contribution is 0.0954. The number of rotatable bonds is 4. The van der Waals surface area contributed by atoms with E-state index >= 15 is 0 Å². The van der Waals surface area contributed by atoms with Gasteiger partial charge in [0.05, 0.1) is 11.2 Å². The summed E-state index contributed by atoms with van der Waals surface area (Å²) in [5.74, 6) is -0.0215. The maximum atomic E-state index is 12.0. The fourth-order valence-electron chi connectivity index (χ4n) is 2.20. The van der Waals surface area contributed by atoms with Gasteiger partial charge < -0.3 is 10.6 Å². The van der Waals surface area contributed by atoms with E-state index in [0.29, 0.717) is 12.1 Å². The molecule has 4 nitrogen and oxygen atoms in total. The molecule has 0 bridgehead atoms. The van der Waals surface area contributed by atoms with Crippen molar-refractivity contribution in [3.05, 3.63) is 45.9 Å². The van der Waals surface area contributed by atoms with E-state index < -0.39 is 0 Å². The van der Waals surface area contributed by atoms with Crippen LogP contribution < -0.4 is 10.6 Å². The van der Waals surface area contributed by atoms with E-state index in [1.54, 1.807) is 11.3 Å². The van der Waals surface area contributed by atoms with Crippen molar-refractivity contribution >= 4 is 22.9 Å². The van der Waals surface area contributed by atoms with Crippen LogP contribution in [-0.4, -0.2) is 24.0 Å². The van der Waals surface area contributed by atoms with Crippen molar-refractivity contribution in [3.8, 4) is 0 Å². The summed E-state index contributed by atoms with van der Waals surface area (Å²) in [6, 6.07) is 5.86. The van der Waals surface area contributed by atoms with E-state index in [9.17, 15) is 4.79 Å². The van der Waals surface area contributed by atoms with Crippen molar-refractivity contribution < 1.29 is 4.79 Å². The molecule has 1 aromatic heterocycles. The van der Waals surface area contributed by atoms with Gasteiger partial charge in [-0.1, -0.05) is 6.07 Å². The summed E-state index contributed by atoms with van der Waals surface area (Å²) in [5.41, 5.74) is 5.93. The highest BCUT2D eigenvalue weighted by Crippen LogP contribution is 2.23. The summed E-state index contributed by atoms with van der Waals surface area (Å²) >= 11 is 1.58. The zero-order valence-corrected chi connectivity index (χ0v) is 11.3. The van der Waals surface area contributed by atoms with Gasteiger partial charge in [-0.25, -0.2) is 4.98 Å². The first-order valence-corrected chi connectivity index (χ1v) is 7.29. The van der Waals surface area contributed by atoms with E-state index in [1.807, 2.05) is 29.1 Å². The van der Waals surface area contributed by atoms with Gasteiger partial charge in [0.1, 0.15) is 0 Å². The van der Waals surface area contributed by atoms with E-state index in [4.69, 9.17) is 0 Å². The predicted octanol–water partition coefficient (Wildman–Crippen LogP) is 2.08. The van der Waals surface area contributed by atoms with Crippen LogP contribution in [0.1, 0.15) is 21.6 Å². The number of nitrogens with zero attached hydrogens (tertiary/aromatic N) is 1. The number of thiazole rings is 1. The monoisotopic (exact) mass is 273 g/mol. The van der Waals surface area contributed by atoms with Gasteiger partial charge in [-0.05, 0) is 24.1 Å². The Hall–Kier alpha value is -1.88. The second-order valence-electron chi connectivity index (χ2n) is 4.53. The van der Waals surface area contributed by atoms with Crippen LogP contribution in [0.25, 0.3) is 0 Å². The van der Waals surface area contributed by atoms with Gasteiger partial charge in [0.2, 0.25) is 0 Å². The first kappa shape index (κ1) is 12.2. The molecule has 0 radical (unpaired) electrons. The van der Waals surface area contributed by atoms with Gasteiger partial charge in [0, 0.05) is 36.1 Å². The van der Waals surface area contributed by atoms with Gasteiger partial charge in [-0.15, -0.1) is 11.3 Å². The van der Waals surface area contributed by atoms with Gasteiger partial charge in [-0.2, -0.15) is 0 Å². The molecule has 19 heavy (non-hydrogen) atoms. The maximum Gasteiger partial charge on any atom is 0.251 e. The van der Waals surface area contributed by atoms with Gasteiger partial charge >= 0.3 is 0 Å². The maximum absolute atomic E-state index is 12.0. The molecule has 2 aromatic rings. The summed E-state index contributed by atoms with van der Waals surface area (Å²) < 4.78 is 0. The third kappa shape index (κ3) is 2.76. The molecule has 2 N–H and O–H groups in total. The zero-order valence-electron chi connectivity index (χ0n) is 10.5. The molecule has 0 aliphatic carbocycles. The van der Waals surface area contributed by atoms with Crippen LogP contribution in [0.5, 0.6) is 0 Å². The highest BCUT2D eigenvalue weighted by molar-refractivity contribution is 7.07. The average molecular weight is 273 g/mol. The van der Waals surface area contributed by atoms with Crippen molar-refractivity contribution in [2.24, 2.45) is 0 Å². The molecule has 3 rings (SSSR count). The van der Waals surface area contributed by atoms with Gasteiger partial charge in [0.15, 0.2) is 0 Å². The van der Waals surface area contributed by atoms with Crippen molar-refractivity contribution in [1.29, 1.82) is 0 Å². The number of nitrogens with one attached hydrogen (secondary N) is 2. The fraction of sp³-hybridized carbons (Fsp3) is 0.286. The molecule has 0 saturated carbocycles. The third-order valence-corrected chi connectivity index (χ3v) is 3.87. The van der Waals surface area contributed by atoms with E-state index in [-0.39, 0.29) is 5.91 Å². The van der Waals surface area contributed by atoms with E-state index in [0.717, 1.165) is 30.8 Å². The molecule has 1 aliphatic heterocycles. The quantitative estimate of drug-likeness (QED) is 0.897. The summed E-state index contributed by atoms with van der Waals surface area (Å²) in [6.45, 7) is 1.58. The van der Waals surface area contributed by atoms with Crippen molar-refractivity contribution in [2.45, 2.75) is 12.8 Å². The third-order valence-electron chi connectivity index (χ3n) is 3.23. The Balaban J connectivity index is 1.58. The van der Waals surface area contributed by atoms with Gasteiger partial charge in [0.25, 0.3) is 5.91 Å². The van der Waals surface area contributed by atoms with E-state index in [2.05, 4.69) is 15.6 Å². The zero-order chi connectivity index (χ0) is 13.1. The van der Waals surface area contributed by atoms with Crippen LogP contribution in [0.4, 0.5) is 5.69 Å². The minimum absolute atomic E-state index is 0.0215. The number of amides is 1. The average Bonchev–Trinajstić information content (AvgIpc) is 3.08. The molecule has 1 aliphatic rings. The lowest BCUT2D eigenvalue weighted by Crippen LogP contribution is -2.25. The number of carbonyl (C=O) groups excluding carboxylic acids is 1. The molecule has 1 amide bonds.